The Balaban J connectivity index is -0.0000000566. The van der Waals surface area contributed by atoms with E-state index in [4.69, 9.17) is 0 Å². The third-order valence-electron chi connectivity index (χ3n) is 2.18. The Morgan fingerprint density at radius 1 is 0.850 bits per heavy atom. The molecule has 2 rings (SSSR count). The standard InChI is InChI=1S/2C7H9.2CH3.2ClH.H2Si.Ti/c2*1-6-3-4-7(2)5-6;;;;;;/h2*3-4,6H,1-2H3;2*1H3;2*1H;1H2;/q4*-1;;;;. The summed E-state index contributed by atoms with van der Waals surface area (Å²) in [4.78, 5) is 0. The van der Waals surface area contributed by atoms with E-state index in [-0.39, 0.29) is 39.7 Å². The van der Waals surface area contributed by atoms with Crippen molar-refractivity contribution in [3.8, 4) is 0 Å². The molecule has 2 atom stereocenters. The van der Waals surface area contributed by atoms with Gasteiger partial charge in [0.1, 0.15) is 0 Å². The van der Waals surface area contributed by atoms with Crippen LogP contribution >= 0.6 is 24.8 Å². The van der Waals surface area contributed by atoms with Gasteiger partial charge in [0.25, 0.3) is 0 Å². The van der Waals surface area contributed by atoms with Crippen molar-refractivity contribution < 1.29 is 19.2 Å². The van der Waals surface area contributed by atoms with Crippen LogP contribution in [0, 0.1) is 38.8 Å². The molecule has 0 bridgehead atoms. The molecule has 0 amide bonds. The maximum absolute atomic E-state index is 3.22. The van der Waals surface area contributed by atoms with E-state index in [9.17, 15) is 0 Å². The molecule has 20 heavy (non-hydrogen) atoms. The van der Waals surface area contributed by atoms with Crippen molar-refractivity contribution in [3.63, 3.8) is 0 Å². The van der Waals surface area contributed by atoms with E-state index in [1.165, 1.54) is 11.1 Å². The van der Waals surface area contributed by atoms with E-state index in [1.807, 2.05) is 26.8 Å². The minimum absolute atomic E-state index is 0. The van der Waals surface area contributed by atoms with Crippen LogP contribution in [0.5, 0.6) is 0 Å². The van der Waals surface area contributed by atoms with Gasteiger partial charge in [0.15, 0.2) is 0 Å². The van der Waals surface area contributed by atoms with Crippen molar-refractivity contribution in [1.82, 2.24) is 0 Å². The van der Waals surface area contributed by atoms with Crippen molar-refractivity contribution in [2.24, 2.45) is 11.8 Å². The summed E-state index contributed by atoms with van der Waals surface area (Å²) in [6.45, 7) is 8.40. The van der Waals surface area contributed by atoms with Crippen molar-refractivity contribution in [2.45, 2.75) is 27.7 Å². The van der Waals surface area contributed by atoms with E-state index in [1.54, 1.807) is 0 Å². The van der Waals surface area contributed by atoms with E-state index in [2.05, 4.69) is 64.2 Å². The summed E-state index contributed by atoms with van der Waals surface area (Å²) in [7, 11) is 1.86. The van der Waals surface area contributed by atoms with E-state index in [0.717, 1.165) is 0 Å². The average molecular weight is 367 g/mol. The van der Waals surface area contributed by atoms with Gasteiger partial charge in [-0.3, -0.25) is 12.2 Å². The fourth-order valence-electron chi connectivity index (χ4n) is 1.49. The number of halogens is 2. The zero-order valence-corrected chi connectivity index (χ0v) is 18.1. The molecule has 118 valence electrons. The molecule has 0 N–H and O–H groups in total. The molecule has 0 radical (unpaired) electrons. The number of rotatable bonds is 0. The Morgan fingerprint density at radius 2 is 1.10 bits per heavy atom. The van der Waals surface area contributed by atoms with Gasteiger partial charge in [-0.05, 0) is 0 Å². The van der Waals surface area contributed by atoms with Gasteiger partial charge in [-0.15, -0.1) is 24.8 Å². The Morgan fingerprint density at radius 3 is 1.15 bits per heavy atom. The average Bonchev–Trinajstić information content (AvgIpc) is 2.80. The first kappa shape index (κ1) is 32.4. The fraction of sp³-hybridized carbons (Fsp3) is 0.375. The zero-order valence-electron chi connectivity index (χ0n) is 13.5. The molecule has 0 aliphatic heterocycles. The third-order valence-corrected chi connectivity index (χ3v) is 2.18. The molecule has 0 aromatic carbocycles. The number of allylic oxidation sites excluding steroid dienone is 8. The normalized spacial score (nSPS) is 19.9. The van der Waals surface area contributed by atoms with Crippen molar-refractivity contribution in [2.75, 3.05) is 0 Å². The Hall–Kier alpha value is 0.471. The third kappa shape index (κ3) is 16.5. The quantitative estimate of drug-likeness (QED) is 0.430. The molecule has 0 fully saturated rings. The van der Waals surface area contributed by atoms with Crippen LogP contribution in [0.25, 0.3) is 0 Å². The molecule has 0 saturated carbocycles. The van der Waals surface area contributed by atoms with Gasteiger partial charge in [0.05, 0.1) is 0 Å². The molecule has 0 spiro atoms. The molecule has 0 heterocycles. The molecule has 0 nitrogen and oxygen atoms in total. The molecule has 2 aliphatic rings. The van der Waals surface area contributed by atoms with Gasteiger partial charge in [0.2, 0.25) is 0 Å². The van der Waals surface area contributed by atoms with E-state index >= 15 is 0 Å². The molecule has 4 heteroatoms. The summed E-state index contributed by atoms with van der Waals surface area (Å²) >= 11 is 2.03. The Kier molecular flexibility index (Phi) is 31.6. The van der Waals surface area contributed by atoms with Crippen LogP contribution in [0.15, 0.2) is 35.5 Å². The summed E-state index contributed by atoms with van der Waals surface area (Å²) in [5.74, 6) is 1.11. The summed E-state index contributed by atoms with van der Waals surface area (Å²) < 4.78 is 0. The van der Waals surface area contributed by atoms with Gasteiger partial charge in [-0.1, -0.05) is 39.5 Å². The summed E-state index contributed by atoms with van der Waals surface area (Å²) in [6, 6.07) is 0. The van der Waals surface area contributed by atoms with Crippen LogP contribution < -0.4 is 0 Å². The predicted molar refractivity (Wildman–Crippen MR) is 97.3 cm³/mol. The van der Waals surface area contributed by atoms with Gasteiger partial charge in [-0.25, -0.2) is 23.3 Å². The Bertz CT molecular complexity index is 301. The SMILES string of the molecule is CC1=[C-]C(C)C=C1.CC1=[C-]C(C)C=C1.Cl.Cl.[CH3-].[CH3-].[SiH2]=[Ti]. The van der Waals surface area contributed by atoms with Crippen LogP contribution in [-0.4, -0.2) is 7.63 Å². The van der Waals surface area contributed by atoms with Crippen LogP contribution in [-0.2, 0) is 19.2 Å². The van der Waals surface area contributed by atoms with E-state index in [0.29, 0.717) is 11.8 Å². The summed E-state index contributed by atoms with van der Waals surface area (Å²) in [6.07, 6.45) is 14.9. The van der Waals surface area contributed by atoms with Crippen molar-refractivity contribution >= 4 is 32.4 Å². The molecule has 0 aromatic heterocycles. The second-order valence-electron chi connectivity index (χ2n) is 3.95. The van der Waals surface area contributed by atoms with Gasteiger partial charge in [-0.2, -0.15) is 12.2 Å². The molecule has 0 saturated heterocycles. The summed E-state index contributed by atoms with van der Waals surface area (Å²) in [5.41, 5.74) is 2.54. The van der Waals surface area contributed by atoms with Crippen LogP contribution in [0.2, 0.25) is 0 Å². The Labute approximate surface area is 153 Å². The zero-order chi connectivity index (χ0) is 12.6. The minimum atomic E-state index is 0. The molecular formula is C16H28Cl2SiTi-4. The first-order valence-electron chi connectivity index (χ1n) is 5.50. The van der Waals surface area contributed by atoms with Gasteiger partial charge in [0, 0.05) is 0 Å². The number of hydrogen-bond acceptors (Lipinski definition) is 0. The maximum atomic E-state index is 3.22. The van der Waals surface area contributed by atoms with Crippen molar-refractivity contribution in [1.29, 1.82) is 0 Å². The van der Waals surface area contributed by atoms with Crippen LogP contribution in [0.1, 0.15) is 27.7 Å². The molecular weight excluding hydrogens is 339 g/mol. The first-order chi connectivity index (χ1) is 7.58. The van der Waals surface area contributed by atoms with Crippen LogP contribution in [0.3, 0.4) is 0 Å². The van der Waals surface area contributed by atoms with Gasteiger partial charge >= 0.3 is 26.8 Å². The second-order valence-corrected chi connectivity index (χ2v) is 3.95. The van der Waals surface area contributed by atoms with E-state index < -0.39 is 0 Å². The summed E-state index contributed by atoms with van der Waals surface area (Å²) in [5, 5.41) is 0. The molecule has 0 aromatic rings. The van der Waals surface area contributed by atoms with Crippen molar-refractivity contribution in [3.05, 3.63) is 62.5 Å². The predicted octanol–water partition coefficient (Wildman–Crippen LogP) is 4.71. The molecule has 2 aliphatic carbocycles. The monoisotopic (exact) mass is 366 g/mol. The first-order valence-corrected chi connectivity index (χ1v) is 9.52. The molecule has 2 unspecified atom stereocenters. The number of hydrogen-bond donors (Lipinski definition) is 0. The van der Waals surface area contributed by atoms with Crippen LogP contribution in [0.4, 0.5) is 0 Å². The topological polar surface area (TPSA) is 0 Å². The van der Waals surface area contributed by atoms with Gasteiger partial charge < -0.3 is 14.9 Å². The second kappa shape index (κ2) is 19.5. The fourth-order valence-corrected chi connectivity index (χ4v) is 1.49.